The molecule has 0 fully saturated rings. The van der Waals surface area contributed by atoms with Crippen molar-refractivity contribution in [3.63, 3.8) is 0 Å². The molecule has 1 heterocycles. The molecule has 2 heteroatoms. The largest absolute Gasteiger partial charge is 0.309 e. The molecule has 1 atom stereocenters. The van der Waals surface area contributed by atoms with Gasteiger partial charge in [-0.2, -0.15) is 0 Å². The van der Waals surface area contributed by atoms with Crippen LogP contribution in [0.15, 0.2) is 36.4 Å². The van der Waals surface area contributed by atoms with Crippen LogP contribution in [0, 0.1) is 5.92 Å². The molecule has 0 aliphatic carbocycles. The summed E-state index contributed by atoms with van der Waals surface area (Å²) in [6.45, 7) is 9.99. The SMILES string of the molecule is CCNC(c1ccc(-c2ccccc2CC)s1)C(C)C. The highest BCUT2D eigenvalue weighted by molar-refractivity contribution is 7.15. The minimum atomic E-state index is 0.465. The van der Waals surface area contributed by atoms with Crippen LogP contribution in [-0.4, -0.2) is 6.54 Å². The Morgan fingerprint density at radius 1 is 1.05 bits per heavy atom. The van der Waals surface area contributed by atoms with E-state index in [1.807, 2.05) is 11.3 Å². The Kier molecular flexibility index (Phi) is 5.38. The summed E-state index contributed by atoms with van der Waals surface area (Å²) in [5, 5.41) is 3.60. The van der Waals surface area contributed by atoms with Crippen LogP contribution in [0.2, 0.25) is 0 Å². The van der Waals surface area contributed by atoms with Gasteiger partial charge in [-0.3, -0.25) is 0 Å². The zero-order chi connectivity index (χ0) is 14.5. The molecule has 0 saturated carbocycles. The minimum Gasteiger partial charge on any atom is -0.309 e. The van der Waals surface area contributed by atoms with Gasteiger partial charge in [-0.15, -0.1) is 11.3 Å². The van der Waals surface area contributed by atoms with E-state index in [9.17, 15) is 0 Å². The number of hydrogen-bond acceptors (Lipinski definition) is 2. The van der Waals surface area contributed by atoms with Crippen molar-refractivity contribution in [2.45, 2.75) is 40.2 Å². The molecule has 0 radical (unpaired) electrons. The molecule has 20 heavy (non-hydrogen) atoms. The molecule has 1 N–H and O–H groups in total. The fraction of sp³-hybridized carbons (Fsp3) is 0.444. The summed E-state index contributed by atoms with van der Waals surface area (Å²) in [6.07, 6.45) is 1.09. The van der Waals surface area contributed by atoms with Crippen molar-refractivity contribution < 1.29 is 0 Å². The Morgan fingerprint density at radius 2 is 1.80 bits per heavy atom. The normalized spacial score (nSPS) is 12.8. The minimum absolute atomic E-state index is 0.465. The van der Waals surface area contributed by atoms with E-state index in [1.165, 1.54) is 20.9 Å². The molecule has 0 saturated heterocycles. The van der Waals surface area contributed by atoms with E-state index in [0.29, 0.717) is 12.0 Å². The van der Waals surface area contributed by atoms with E-state index in [4.69, 9.17) is 0 Å². The number of benzene rings is 1. The van der Waals surface area contributed by atoms with Gasteiger partial charge in [-0.05, 0) is 42.1 Å². The molecule has 0 spiro atoms. The Bertz CT molecular complexity index is 542. The quantitative estimate of drug-likeness (QED) is 0.761. The summed E-state index contributed by atoms with van der Waals surface area (Å²) in [5.74, 6) is 0.614. The first kappa shape index (κ1) is 15.3. The van der Waals surface area contributed by atoms with Gasteiger partial charge in [0.05, 0.1) is 0 Å². The van der Waals surface area contributed by atoms with Gasteiger partial charge in [-0.1, -0.05) is 52.0 Å². The third-order valence-corrected chi connectivity index (χ3v) is 4.89. The maximum Gasteiger partial charge on any atom is 0.0438 e. The first-order valence-corrected chi connectivity index (χ1v) is 8.40. The molecule has 1 aromatic heterocycles. The van der Waals surface area contributed by atoms with Crippen LogP contribution in [0.1, 0.15) is 44.2 Å². The predicted octanol–water partition coefficient (Wildman–Crippen LogP) is 5.28. The number of aryl methyl sites for hydroxylation is 1. The lowest BCUT2D eigenvalue weighted by Crippen LogP contribution is -2.24. The maximum absolute atomic E-state index is 3.60. The lowest BCUT2D eigenvalue weighted by molar-refractivity contribution is 0.428. The van der Waals surface area contributed by atoms with E-state index >= 15 is 0 Å². The van der Waals surface area contributed by atoms with Crippen LogP contribution in [0.3, 0.4) is 0 Å². The zero-order valence-corrected chi connectivity index (χ0v) is 13.8. The maximum atomic E-state index is 3.60. The fourth-order valence-corrected chi connectivity index (χ4v) is 3.94. The molecule has 0 aliphatic heterocycles. The second-order valence-corrected chi connectivity index (χ2v) is 6.61. The van der Waals surface area contributed by atoms with Crippen molar-refractivity contribution in [1.29, 1.82) is 0 Å². The number of hydrogen-bond donors (Lipinski definition) is 1. The van der Waals surface area contributed by atoms with Crippen molar-refractivity contribution in [3.05, 3.63) is 46.8 Å². The fourth-order valence-electron chi connectivity index (χ4n) is 2.62. The topological polar surface area (TPSA) is 12.0 Å². The van der Waals surface area contributed by atoms with Crippen molar-refractivity contribution in [2.75, 3.05) is 6.54 Å². The van der Waals surface area contributed by atoms with Crippen LogP contribution < -0.4 is 5.32 Å². The second-order valence-electron chi connectivity index (χ2n) is 5.49. The highest BCUT2D eigenvalue weighted by atomic mass is 32.1. The molecule has 2 rings (SSSR count). The third-order valence-electron chi connectivity index (χ3n) is 3.69. The van der Waals surface area contributed by atoms with Gasteiger partial charge in [0, 0.05) is 15.8 Å². The molecule has 0 amide bonds. The third kappa shape index (κ3) is 3.31. The second kappa shape index (κ2) is 7.05. The first-order chi connectivity index (χ1) is 9.67. The molecule has 0 bridgehead atoms. The highest BCUT2D eigenvalue weighted by Gasteiger charge is 2.17. The van der Waals surface area contributed by atoms with Crippen molar-refractivity contribution in [3.8, 4) is 10.4 Å². The molecular formula is C18H25NS. The molecule has 1 aromatic carbocycles. The van der Waals surface area contributed by atoms with Crippen LogP contribution >= 0.6 is 11.3 Å². The van der Waals surface area contributed by atoms with E-state index in [2.05, 4.69) is 69.4 Å². The van der Waals surface area contributed by atoms with Crippen LogP contribution in [0.25, 0.3) is 10.4 Å². The van der Waals surface area contributed by atoms with Crippen LogP contribution in [-0.2, 0) is 6.42 Å². The Morgan fingerprint density at radius 3 is 2.45 bits per heavy atom. The van der Waals surface area contributed by atoms with Gasteiger partial charge in [0.1, 0.15) is 0 Å². The molecule has 1 nitrogen and oxygen atoms in total. The van der Waals surface area contributed by atoms with Gasteiger partial charge < -0.3 is 5.32 Å². The average Bonchev–Trinajstić information content (AvgIpc) is 2.93. The van der Waals surface area contributed by atoms with Gasteiger partial charge in [0.25, 0.3) is 0 Å². The van der Waals surface area contributed by atoms with E-state index in [-0.39, 0.29) is 0 Å². The summed E-state index contributed by atoms with van der Waals surface area (Å²) in [5.41, 5.74) is 2.83. The smallest absolute Gasteiger partial charge is 0.0438 e. The van der Waals surface area contributed by atoms with Crippen molar-refractivity contribution in [1.82, 2.24) is 5.32 Å². The van der Waals surface area contributed by atoms with Crippen molar-refractivity contribution in [2.24, 2.45) is 5.92 Å². The van der Waals surface area contributed by atoms with E-state index < -0.39 is 0 Å². The lowest BCUT2D eigenvalue weighted by Gasteiger charge is -2.20. The van der Waals surface area contributed by atoms with Gasteiger partial charge in [-0.25, -0.2) is 0 Å². The zero-order valence-electron chi connectivity index (χ0n) is 12.9. The Labute approximate surface area is 127 Å². The molecule has 2 aromatic rings. The highest BCUT2D eigenvalue weighted by Crippen LogP contribution is 2.35. The monoisotopic (exact) mass is 287 g/mol. The van der Waals surface area contributed by atoms with E-state index in [0.717, 1.165) is 13.0 Å². The number of rotatable bonds is 6. The summed E-state index contributed by atoms with van der Waals surface area (Å²) < 4.78 is 0. The van der Waals surface area contributed by atoms with E-state index in [1.54, 1.807) is 0 Å². The lowest BCUT2D eigenvalue weighted by atomic mass is 10.0. The molecule has 1 unspecified atom stereocenters. The number of thiophene rings is 1. The molecular weight excluding hydrogens is 262 g/mol. The van der Waals surface area contributed by atoms with Gasteiger partial charge >= 0.3 is 0 Å². The van der Waals surface area contributed by atoms with Crippen LogP contribution in [0.4, 0.5) is 0 Å². The number of nitrogens with one attached hydrogen (secondary N) is 1. The van der Waals surface area contributed by atoms with Gasteiger partial charge in [0.2, 0.25) is 0 Å². The average molecular weight is 287 g/mol. The van der Waals surface area contributed by atoms with Crippen LogP contribution in [0.5, 0.6) is 0 Å². The van der Waals surface area contributed by atoms with Crippen molar-refractivity contribution >= 4 is 11.3 Å². The summed E-state index contributed by atoms with van der Waals surface area (Å²) in [7, 11) is 0. The standard InChI is InChI=1S/C18H25NS/c1-5-14-9-7-8-10-15(14)16-11-12-17(20-16)18(13(3)4)19-6-2/h7-13,18-19H,5-6H2,1-4H3. The van der Waals surface area contributed by atoms with Gasteiger partial charge in [0.15, 0.2) is 0 Å². The summed E-state index contributed by atoms with van der Waals surface area (Å²) >= 11 is 1.93. The summed E-state index contributed by atoms with van der Waals surface area (Å²) in [6, 6.07) is 13.8. The molecule has 0 aliphatic rings. The molecule has 108 valence electrons. The predicted molar refractivity (Wildman–Crippen MR) is 90.4 cm³/mol. The Balaban J connectivity index is 2.32. The first-order valence-electron chi connectivity index (χ1n) is 7.58. The summed E-state index contributed by atoms with van der Waals surface area (Å²) in [4.78, 5) is 2.84. The Hall–Kier alpha value is -1.12.